The lowest BCUT2D eigenvalue weighted by molar-refractivity contribution is -0.120. The first kappa shape index (κ1) is 13.6. The number of hydrogen-bond acceptors (Lipinski definition) is 5. The zero-order valence-corrected chi connectivity index (χ0v) is 11.2. The van der Waals surface area contributed by atoms with Crippen molar-refractivity contribution in [1.82, 2.24) is 0 Å². The molecule has 1 aliphatic heterocycles. The minimum absolute atomic E-state index is 0.0317. The molecule has 0 spiro atoms. The quantitative estimate of drug-likeness (QED) is 0.616. The molecule has 0 atom stereocenters. The molecule has 2 rings (SSSR count). The minimum atomic E-state index is -3.97. The van der Waals surface area contributed by atoms with Crippen LogP contribution in [0.3, 0.4) is 0 Å². The van der Waals surface area contributed by atoms with Crippen molar-refractivity contribution in [1.29, 1.82) is 0 Å². The molecular weight excluding hydrogens is 294 g/mol. The molecule has 100 valence electrons. The van der Waals surface area contributed by atoms with Gasteiger partial charge in [-0.05, 0) is 18.2 Å². The first-order chi connectivity index (χ1) is 8.84. The Morgan fingerprint density at radius 3 is 2.21 bits per heavy atom. The van der Waals surface area contributed by atoms with E-state index in [1.165, 1.54) is 19.2 Å². The van der Waals surface area contributed by atoms with Crippen LogP contribution >= 0.6 is 10.7 Å². The lowest BCUT2D eigenvalue weighted by atomic mass is 10.2. The van der Waals surface area contributed by atoms with E-state index in [4.69, 9.17) is 15.4 Å². The van der Waals surface area contributed by atoms with Crippen LogP contribution in [0.25, 0.3) is 0 Å². The maximum absolute atomic E-state index is 11.6. The fourth-order valence-corrected chi connectivity index (χ4v) is 2.40. The van der Waals surface area contributed by atoms with Gasteiger partial charge in [-0.2, -0.15) is 0 Å². The Labute approximate surface area is 113 Å². The number of carbonyl (C=O) groups is 2. The van der Waals surface area contributed by atoms with Gasteiger partial charge in [0.1, 0.15) is 5.75 Å². The summed E-state index contributed by atoms with van der Waals surface area (Å²) in [7, 11) is 2.60. The van der Waals surface area contributed by atoms with E-state index in [0.717, 1.165) is 23.1 Å². The SMILES string of the molecule is COc1ccc(S(=O)(=O)Cl)cc1N1C(=O)C=CC1=O. The van der Waals surface area contributed by atoms with Gasteiger partial charge in [-0.25, -0.2) is 13.3 Å². The number of rotatable bonds is 3. The molecule has 0 fully saturated rings. The zero-order chi connectivity index (χ0) is 14.2. The van der Waals surface area contributed by atoms with Crippen LogP contribution in [-0.2, 0) is 18.6 Å². The van der Waals surface area contributed by atoms with Gasteiger partial charge in [0, 0.05) is 22.8 Å². The molecule has 0 saturated carbocycles. The number of imide groups is 1. The van der Waals surface area contributed by atoms with Gasteiger partial charge in [0.05, 0.1) is 17.7 Å². The molecule has 0 aromatic heterocycles. The molecule has 0 aliphatic carbocycles. The predicted molar refractivity (Wildman–Crippen MR) is 67.7 cm³/mol. The van der Waals surface area contributed by atoms with Crippen molar-refractivity contribution in [3.05, 3.63) is 30.4 Å². The molecule has 1 aromatic rings. The zero-order valence-electron chi connectivity index (χ0n) is 9.66. The number of amides is 2. The first-order valence-corrected chi connectivity index (χ1v) is 7.34. The van der Waals surface area contributed by atoms with E-state index in [0.29, 0.717) is 0 Å². The van der Waals surface area contributed by atoms with Crippen LogP contribution in [0.2, 0.25) is 0 Å². The van der Waals surface area contributed by atoms with Crippen LogP contribution < -0.4 is 9.64 Å². The van der Waals surface area contributed by atoms with Gasteiger partial charge in [-0.1, -0.05) is 0 Å². The van der Waals surface area contributed by atoms with Crippen molar-refractivity contribution < 1.29 is 22.7 Å². The molecule has 6 nitrogen and oxygen atoms in total. The molecule has 2 amide bonds. The summed E-state index contributed by atoms with van der Waals surface area (Å²) in [6.07, 6.45) is 2.17. The van der Waals surface area contributed by atoms with E-state index in [9.17, 15) is 18.0 Å². The number of nitrogens with zero attached hydrogens (tertiary/aromatic N) is 1. The summed E-state index contributed by atoms with van der Waals surface area (Å²) in [6, 6.07) is 3.66. The van der Waals surface area contributed by atoms with Crippen LogP contribution in [0.1, 0.15) is 0 Å². The Balaban J connectivity index is 2.61. The van der Waals surface area contributed by atoms with E-state index >= 15 is 0 Å². The topological polar surface area (TPSA) is 80.8 Å². The second-order valence-electron chi connectivity index (χ2n) is 3.62. The third kappa shape index (κ3) is 2.47. The number of halogens is 1. The van der Waals surface area contributed by atoms with Crippen molar-refractivity contribution in [3.63, 3.8) is 0 Å². The number of ether oxygens (including phenoxy) is 1. The highest BCUT2D eigenvalue weighted by atomic mass is 35.7. The largest absolute Gasteiger partial charge is 0.495 e. The normalized spacial score (nSPS) is 15.2. The van der Waals surface area contributed by atoms with Crippen LogP contribution in [-0.4, -0.2) is 27.3 Å². The monoisotopic (exact) mass is 301 g/mol. The summed E-state index contributed by atoms with van der Waals surface area (Å²) >= 11 is 0. The molecule has 0 N–H and O–H groups in total. The van der Waals surface area contributed by atoms with Gasteiger partial charge in [0.15, 0.2) is 0 Å². The minimum Gasteiger partial charge on any atom is -0.495 e. The summed E-state index contributed by atoms with van der Waals surface area (Å²) in [4.78, 5) is 23.8. The summed E-state index contributed by atoms with van der Waals surface area (Å²) in [6.45, 7) is 0. The Bertz CT molecular complexity index is 677. The molecule has 1 heterocycles. The Morgan fingerprint density at radius 2 is 1.74 bits per heavy atom. The lowest BCUT2D eigenvalue weighted by Gasteiger charge is -2.17. The smallest absolute Gasteiger partial charge is 0.261 e. The van der Waals surface area contributed by atoms with Gasteiger partial charge in [0.2, 0.25) is 0 Å². The summed E-state index contributed by atoms with van der Waals surface area (Å²) in [5.41, 5.74) is 0.0317. The number of methoxy groups -OCH3 is 1. The number of carbonyl (C=O) groups excluding carboxylic acids is 2. The van der Waals surface area contributed by atoms with Crippen molar-refractivity contribution in [2.45, 2.75) is 4.90 Å². The first-order valence-electron chi connectivity index (χ1n) is 5.03. The predicted octanol–water partition coefficient (Wildman–Crippen LogP) is 1.05. The molecule has 0 saturated heterocycles. The van der Waals surface area contributed by atoms with Crippen LogP contribution in [0.4, 0.5) is 5.69 Å². The van der Waals surface area contributed by atoms with E-state index in [-0.39, 0.29) is 16.3 Å². The van der Waals surface area contributed by atoms with Gasteiger partial charge in [0.25, 0.3) is 20.9 Å². The van der Waals surface area contributed by atoms with E-state index in [1.807, 2.05) is 0 Å². The van der Waals surface area contributed by atoms with Gasteiger partial charge in [-0.15, -0.1) is 0 Å². The average Bonchev–Trinajstić information content (AvgIpc) is 2.67. The maximum Gasteiger partial charge on any atom is 0.261 e. The average molecular weight is 302 g/mol. The molecule has 0 radical (unpaired) electrons. The van der Waals surface area contributed by atoms with Crippen molar-refractivity contribution in [2.75, 3.05) is 12.0 Å². The Hall–Kier alpha value is -1.86. The fraction of sp³-hybridized carbons (Fsp3) is 0.0909. The fourth-order valence-electron chi connectivity index (χ4n) is 1.63. The standard InChI is InChI=1S/C11H8ClNO5S/c1-18-9-3-2-7(19(12,16)17)6-8(9)13-10(14)4-5-11(13)15/h2-6H,1H3. The molecule has 8 heteroatoms. The van der Waals surface area contributed by atoms with Crippen molar-refractivity contribution in [3.8, 4) is 5.75 Å². The Kier molecular flexibility index (Phi) is 3.34. The Morgan fingerprint density at radius 1 is 1.16 bits per heavy atom. The number of hydrogen-bond donors (Lipinski definition) is 0. The highest BCUT2D eigenvalue weighted by Gasteiger charge is 2.29. The number of benzene rings is 1. The molecule has 1 aliphatic rings. The van der Waals surface area contributed by atoms with E-state index in [1.54, 1.807) is 0 Å². The third-order valence-corrected chi connectivity index (χ3v) is 3.83. The van der Waals surface area contributed by atoms with Crippen LogP contribution in [0.5, 0.6) is 5.75 Å². The highest BCUT2D eigenvalue weighted by Crippen LogP contribution is 2.33. The number of anilines is 1. The lowest BCUT2D eigenvalue weighted by Crippen LogP contribution is -2.30. The van der Waals surface area contributed by atoms with E-state index in [2.05, 4.69) is 0 Å². The molecule has 0 unspecified atom stereocenters. The maximum atomic E-state index is 11.6. The summed E-state index contributed by atoms with van der Waals surface area (Å²) in [5, 5.41) is 0. The van der Waals surface area contributed by atoms with Crippen LogP contribution in [0.15, 0.2) is 35.2 Å². The van der Waals surface area contributed by atoms with Gasteiger partial charge in [-0.3, -0.25) is 9.59 Å². The molecular formula is C11H8ClNO5S. The van der Waals surface area contributed by atoms with E-state index < -0.39 is 20.9 Å². The molecule has 0 bridgehead atoms. The van der Waals surface area contributed by atoms with Crippen LogP contribution in [0, 0.1) is 0 Å². The molecule has 19 heavy (non-hydrogen) atoms. The summed E-state index contributed by atoms with van der Waals surface area (Å²) < 4.78 is 27.6. The van der Waals surface area contributed by atoms with Crippen molar-refractivity contribution >= 4 is 37.2 Å². The van der Waals surface area contributed by atoms with Crippen molar-refractivity contribution in [2.24, 2.45) is 0 Å². The van der Waals surface area contributed by atoms with Gasteiger partial charge >= 0.3 is 0 Å². The third-order valence-electron chi connectivity index (χ3n) is 2.48. The second-order valence-corrected chi connectivity index (χ2v) is 6.18. The summed E-state index contributed by atoms with van der Waals surface area (Å²) in [5.74, 6) is -0.964. The molecule has 1 aromatic carbocycles. The van der Waals surface area contributed by atoms with Gasteiger partial charge < -0.3 is 4.74 Å². The highest BCUT2D eigenvalue weighted by molar-refractivity contribution is 8.13. The second kappa shape index (κ2) is 4.67.